The Labute approximate surface area is 187 Å². The summed E-state index contributed by atoms with van der Waals surface area (Å²) in [4.78, 5) is 21.0. The summed E-state index contributed by atoms with van der Waals surface area (Å²) in [6, 6.07) is 10.3. The second kappa shape index (κ2) is 7.79. The fourth-order valence-corrected chi connectivity index (χ4v) is 3.91. The standard InChI is InChI=1S/C21H16Cl2N6O2/c1-12-14(3-2-4-16(12)23)19-26-20(31-27-19)18-7-10-28(18)21(30)15-11-13(22)5-6-17(15)29-24-8-9-25-29/h2-6,8-9,11,18H,7,10H2,1H3/t18-/m0/s1. The van der Waals surface area contributed by atoms with E-state index in [1.807, 2.05) is 25.1 Å². The number of carbonyl (C=O) groups excluding carboxylic acids is 1. The first-order valence-electron chi connectivity index (χ1n) is 9.59. The molecule has 0 spiro atoms. The fourth-order valence-electron chi connectivity index (χ4n) is 3.57. The van der Waals surface area contributed by atoms with Gasteiger partial charge in [-0.1, -0.05) is 40.5 Å². The van der Waals surface area contributed by atoms with Crippen LogP contribution in [0.1, 0.15) is 34.3 Å². The maximum atomic E-state index is 13.3. The molecule has 156 valence electrons. The summed E-state index contributed by atoms with van der Waals surface area (Å²) >= 11 is 12.4. The van der Waals surface area contributed by atoms with Crippen LogP contribution in [0.2, 0.25) is 10.0 Å². The van der Waals surface area contributed by atoms with E-state index in [-0.39, 0.29) is 11.9 Å². The molecule has 1 aliphatic rings. The van der Waals surface area contributed by atoms with Crippen LogP contribution in [0.15, 0.2) is 53.3 Å². The van der Waals surface area contributed by atoms with Gasteiger partial charge in [0.15, 0.2) is 0 Å². The molecule has 0 saturated carbocycles. The van der Waals surface area contributed by atoms with Crippen molar-refractivity contribution in [3.05, 3.63) is 75.9 Å². The van der Waals surface area contributed by atoms with Gasteiger partial charge in [-0.25, -0.2) is 0 Å². The first kappa shape index (κ1) is 19.7. The van der Waals surface area contributed by atoms with Crippen LogP contribution < -0.4 is 0 Å². The van der Waals surface area contributed by atoms with E-state index in [0.717, 1.165) is 17.5 Å². The third kappa shape index (κ3) is 3.47. The molecule has 0 N–H and O–H groups in total. The average Bonchev–Trinajstić information content (AvgIpc) is 3.42. The van der Waals surface area contributed by atoms with Gasteiger partial charge in [-0.05, 0) is 43.2 Å². The summed E-state index contributed by atoms with van der Waals surface area (Å²) in [7, 11) is 0. The number of hydrogen-bond acceptors (Lipinski definition) is 6. The predicted molar refractivity (Wildman–Crippen MR) is 114 cm³/mol. The van der Waals surface area contributed by atoms with Crippen molar-refractivity contribution in [1.82, 2.24) is 30.0 Å². The number of amides is 1. The van der Waals surface area contributed by atoms with E-state index in [2.05, 4.69) is 20.3 Å². The second-order valence-electron chi connectivity index (χ2n) is 7.15. The van der Waals surface area contributed by atoms with E-state index in [0.29, 0.717) is 39.6 Å². The zero-order valence-electron chi connectivity index (χ0n) is 16.4. The Bertz CT molecular complexity index is 1270. The lowest BCUT2D eigenvalue weighted by Gasteiger charge is -2.38. The monoisotopic (exact) mass is 454 g/mol. The summed E-state index contributed by atoms with van der Waals surface area (Å²) in [5.74, 6) is 0.623. The lowest BCUT2D eigenvalue weighted by atomic mass is 10.00. The molecule has 1 atom stereocenters. The molecule has 0 aliphatic carbocycles. The van der Waals surface area contributed by atoms with Crippen LogP contribution in [0.3, 0.4) is 0 Å². The summed E-state index contributed by atoms with van der Waals surface area (Å²) in [6.07, 6.45) is 3.82. The molecule has 10 heteroatoms. The van der Waals surface area contributed by atoms with Gasteiger partial charge < -0.3 is 9.42 Å². The van der Waals surface area contributed by atoms with E-state index in [9.17, 15) is 4.79 Å². The molecule has 1 fully saturated rings. The Morgan fingerprint density at radius 3 is 2.71 bits per heavy atom. The largest absolute Gasteiger partial charge is 0.337 e. The molecule has 1 saturated heterocycles. The van der Waals surface area contributed by atoms with Gasteiger partial charge >= 0.3 is 0 Å². The summed E-state index contributed by atoms with van der Waals surface area (Å²) < 4.78 is 5.51. The van der Waals surface area contributed by atoms with Crippen LogP contribution in [0, 0.1) is 6.92 Å². The Balaban J connectivity index is 1.44. The van der Waals surface area contributed by atoms with Crippen molar-refractivity contribution in [2.24, 2.45) is 0 Å². The maximum absolute atomic E-state index is 13.3. The highest BCUT2D eigenvalue weighted by molar-refractivity contribution is 6.31. The summed E-state index contributed by atoms with van der Waals surface area (Å²) in [6.45, 7) is 2.47. The van der Waals surface area contributed by atoms with Crippen molar-refractivity contribution in [3.63, 3.8) is 0 Å². The van der Waals surface area contributed by atoms with Crippen LogP contribution in [0.4, 0.5) is 0 Å². The van der Waals surface area contributed by atoms with Crippen molar-refractivity contribution >= 4 is 29.1 Å². The molecule has 2 aromatic carbocycles. The number of nitrogens with zero attached hydrogens (tertiary/aromatic N) is 6. The van der Waals surface area contributed by atoms with Gasteiger partial charge in [-0.15, -0.1) is 0 Å². The number of rotatable bonds is 4. The highest BCUT2D eigenvalue weighted by atomic mass is 35.5. The van der Waals surface area contributed by atoms with E-state index < -0.39 is 0 Å². The summed E-state index contributed by atoms with van der Waals surface area (Å²) in [5, 5.41) is 13.4. The highest BCUT2D eigenvalue weighted by Crippen LogP contribution is 2.36. The second-order valence-corrected chi connectivity index (χ2v) is 8.00. The third-order valence-electron chi connectivity index (χ3n) is 5.34. The molecule has 2 aromatic heterocycles. The van der Waals surface area contributed by atoms with Gasteiger partial charge in [0.05, 0.1) is 23.6 Å². The number of carbonyl (C=O) groups is 1. The number of hydrogen-bond donors (Lipinski definition) is 0. The van der Waals surface area contributed by atoms with Crippen molar-refractivity contribution in [2.45, 2.75) is 19.4 Å². The smallest absolute Gasteiger partial charge is 0.256 e. The SMILES string of the molecule is Cc1c(Cl)cccc1-c1noc([C@@H]2CCN2C(=O)c2cc(Cl)ccc2-n2nccn2)n1. The normalized spacial score (nSPS) is 15.7. The molecule has 1 aliphatic heterocycles. The van der Waals surface area contributed by atoms with Crippen LogP contribution in [-0.4, -0.2) is 42.5 Å². The summed E-state index contributed by atoms with van der Waals surface area (Å²) in [5.41, 5.74) is 2.61. The molecule has 5 rings (SSSR count). The minimum absolute atomic E-state index is 0.204. The lowest BCUT2D eigenvalue weighted by Crippen LogP contribution is -2.45. The maximum Gasteiger partial charge on any atom is 0.256 e. The van der Waals surface area contributed by atoms with Gasteiger partial charge in [0.1, 0.15) is 6.04 Å². The molecule has 3 heterocycles. The number of aromatic nitrogens is 5. The van der Waals surface area contributed by atoms with Crippen molar-refractivity contribution in [1.29, 1.82) is 0 Å². The number of likely N-dealkylation sites (tertiary alicyclic amines) is 1. The fraction of sp³-hybridized carbons (Fsp3) is 0.190. The van der Waals surface area contributed by atoms with Crippen molar-refractivity contribution in [2.75, 3.05) is 6.54 Å². The Hall–Kier alpha value is -3.23. The molecule has 0 bridgehead atoms. The first-order chi connectivity index (χ1) is 15.0. The molecular weight excluding hydrogens is 439 g/mol. The topological polar surface area (TPSA) is 89.9 Å². The van der Waals surface area contributed by atoms with Crippen LogP contribution in [0.25, 0.3) is 17.1 Å². The molecule has 0 radical (unpaired) electrons. The number of halogens is 2. The Morgan fingerprint density at radius 1 is 1.16 bits per heavy atom. The van der Waals surface area contributed by atoms with Gasteiger partial charge in [-0.3, -0.25) is 4.79 Å². The Kier molecular flexibility index (Phi) is 4.95. The van der Waals surface area contributed by atoms with Crippen LogP contribution in [-0.2, 0) is 0 Å². The van der Waals surface area contributed by atoms with Crippen molar-refractivity contribution in [3.8, 4) is 17.1 Å². The van der Waals surface area contributed by atoms with Gasteiger partial charge in [0.25, 0.3) is 5.91 Å². The van der Waals surface area contributed by atoms with E-state index in [1.54, 1.807) is 35.5 Å². The molecular formula is C21H16Cl2N6O2. The molecule has 31 heavy (non-hydrogen) atoms. The number of benzene rings is 2. The van der Waals surface area contributed by atoms with E-state index in [1.165, 1.54) is 4.80 Å². The van der Waals surface area contributed by atoms with Crippen LogP contribution in [0.5, 0.6) is 0 Å². The average molecular weight is 455 g/mol. The van der Waals surface area contributed by atoms with E-state index >= 15 is 0 Å². The zero-order valence-corrected chi connectivity index (χ0v) is 17.9. The minimum Gasteiger partial charge on any atom is -0.337 e. The van der Waals surface area contributed by atoms with Gasteiger partial charge in [0.2, 0.25) is 11.7 Å². The zero-order chi connectivity index (χ0) is 21.5. The van der Waals surface area contributed by atoms with Gasteiger partial charge in [0, 0.05) is 22.2 Å². The molecule has 4 aromatic rings. The van der Waals surface area contributed by atoms with Crippen LogP contribution >= 0.6 is 23.2 Å². The van der Waals surface area contributed by atoms with E-state index in [4.69, 9.17) is 27.7 Å². The van der Waals surface area contributed by atoms with Gasteiger partial charge in [-0.2, -0.15) is 20.0 Å². The molecule has 8 nitrogen and oxygen atoms in total. The molecule has 0 unspecified atom stereocenters. The Morgan fingerprint density at radius 2 is 1.97 bits per heavy atom. The molecule has 1 amide bonds. The highest BCUT2D eigenvalue weighted by Gasteiger charge is 2.39. The predicted octanol–water partition coefficient (Wildman–Crippen LogP) is 4.52. The minimum atomic E-state index is -0.314. The lowest BCUT2D eigenvalue weighted by molar-refractivity contribution is 0.0378. The van der Waals surface area contributed by atoms with Crippen molar-refractivity contribution < 1.29 is 9.32 Å². The quantitative estimate of drug-likeness (QED) is 0.450. The third-order valence-corrected chi connectivity index (χ3v) is 5.98. The first-order valence-corrected chi connectivity index (χ1v) is 10.3.